The lowest BCUT2D eigenvalue weighted by Crippen LogP contribution is -2.50. The Kier molecular flexibility index (Phi) is 6.58. The Labute approximate surface area is 208 Å². The lowest BCUT2D eigenvalue weighted by Gasteiger charge is -2.34. The van der Waals surface area contributed by atoms with Gasteiger partial charge in [0.15, 0.2) is 0 Å². The van der Waals surface area contributed by atoms with Crippen molar-refractivity contribution in [2.45, 2.75) is 38.0 Å². The molecular weight excluding hydrogens is 493 g/mol. The summed E-state index contributed by atoms with van der Waals surface area (Å²) in [4.78, 5) is 17.4. The summed E-state index contributed by atoms with van der Waals surface area (Å²) in [5, 5.41) is 24.3. The normalized spacial score (nSPS) is 19.1. The van der Waals surface area contributed by atoms with Crippen molar-refractivity contribution in [2.24, 2.45) is 0 Å². The Bertz CT molecular complexity index is 1440. The first-order valence-corrected chi connectivity index (χ1v) is 11.7. The van der Waals surface area contributed by atoms with Crippen LogP contribution in [0.3, 0.4) is 0 Å². The van der Waals surface area contributed by atoms with Gasteiger partial charge < -0.3 is 20.1 Å². The van der Waals surface area contributed by atoms with Gasteiger partial charge in [-0.05, 0) is 37.1 Å². The third-order valence-corrected chi connectivity index (χ3v) is 6.55. The number of aromatic nitrogens is 6. The van der Waals surface area contributed by atoms with E-state index in [9.17, 15) is 18.0 Å². The zero-order valence-electron chi connectivity index (χ0n) is 20.1. The van der Waals surface area contributed by atoms with Crippen LogP contribution in [0.2, 0.25) is 0 Å². The van der Waals surface area contributed by atoms with Crippen molar-refractivity contribution in [1.82, 2.24) is 34.5 Å². The van der Waals surface area contributed by atoms with Crippen LogP contribution < -0.4 is 10.1 Å². The third kappa shape index (κ3) is 4.52. The lowest BCUT2D eigenvalue weighted by atomic mass is 10.0. The number of methoxy groups -OCH3 is 1. The minimum Gasteiger partial charge on any atom is -0.479 e. The molecule has 0 unspecified atom stereocenters. The number of amides is 1. The van der Waals surface area contributed by atoms with E-state index in [0.717, 1.165) is 0 Å². The van der Waals surface area contributed by atoms with E-state index < -0.39 is 37.2 Å². The number of hydrogen-bond acceptors (Lipinski definition) is 8. The fourth-order valence-electron chi connectivity index (χ4n) is 4.50. The van der Waals surface area contributed by atoms with Crippen LogP contribution in [-0.2, 0) is 4.79 Å². The highest BCUT2D eigenvalue weighted by atomic mass is 19.3. The van der Waals surface area contributed by atoms with Gasteiger partial charge in [0.05, 0.1) is 25.2 Å². The number of carbonyl (C=O) groups excluding carboxylic acids is 1. The third-order valence-electron chi connectivity index (χ3n) is 6.55. The second-order valence-electron chi connectivity index (χ2n) is 8.83. The number of ether oxygens (including phenoxy) is 1. The maximum atomic E-state index is 14.8. The van der Waals surface area contributed by atoms with Crippen molar-refractivity contribution in [1.29, 1.82) is 0 Å². The minimum atomic E-state index is -2.60. The molecule has 196 valence electrons. The highest BCUT2D eigenvalue weighted by Gasteiger charge is 2.32. The molecule has 4 heterocycles. The number of fused-ring (bicyclic) bond motifs is 2. The fraction of sp³-hybridized carbons (Fsp3) is 0.435. The Morgan fingerprint density at radius 2 is 2.14 bits per heavy atom. The average molecular weight is 519 g/mol. The van der Waals surface area contributed by atoms with E-state index in [1.54, 1.807) is 35.0 Å². The second kappa shape index (κ2) is 9.84. The molecule has 11 nitrogen and oxygen atoms in total. The predicted molar refractivity (Wildman–Crippen MR) is 127 cm³/mol. The first-order valence-electron chi connectivity index (χ1n) is 11.7. The van der Waals surface area contributed by atoms with E-state index in [0.29, 0.717) is 40.6 Å². The zero-order chi connectivity index (χ0) is 26.3. The molecule has 14 heteroatoms. The van der Waals surface area contributed by atoms with Gasteiger partial charge in [-0.2, -0.15) is 4.98 Å². The van der Waals surface area contributed by atoms with Crippen molar-refractivity contribution in [3.8, 4) is 17.0 Å². The monoisotopic (exact) mass is 518 g/mol. The van der Waals surface area contributed by atoms with Gasteiger partial charge in [-0.25, -0.2) is 22.4 Å². The van der Waals surface area contributed by atoms with Gasteiger partial charge in [0, 0.05) is 18.3 Å². The van der Waals surface area contributed by atoms with E-state index in [-0.39, 0.29) is 18.4 Å². The van der Waals surface area contributed by atoms with Crippen molar-refractivity contribution in [2.75, 3.05) is 32.1 Å². The summed E-state index contributed by atoms with van der Waals surface area (Å²) in [6.07, 6.45) is -1.98. The number of benzene rings is 1. The number of hydrogen-bond donors (Lipinski definition) is 2. The number of likely N-dealkylation sites (tertiary alicyclic amines) is 1. The van der Waals surface area contributed by atoms with Crippen LogP contribution in [0, 0.1) is 0 Å². The van der Waals surface area contributed by atoms with Crippen molar-refractivity contribution in [3.05, 3.63) is 30.5 Å². The summed E-state index contributed by atoms with van der Waals surface area (Å²) >= 11 is 0. The number of anilines is 1. The molecule has 5 rings (SSSR count). The number of nitrogens with one attached hydrogen (secondary N) is 1. The molecule has 3 aromatic heterocycles. The van der Waals surface area contributed by atoms with E-state index in [1.807, 2.05) is 0 Å². The van der Waals surface area contributed by atoms with Crippen LogP contribution in [0.15, 0.2) is 30.5 Å². The molecule has 4 aromatic rings. The Morgan fingerprint density at radius 1 is 1.32 bits per heavy atom. The number of aliphatic hydroxyl groups excluding tert-OH is 1. The van der Waals surface area contributed by atoms with E-state index in [2.05, 4.69) is 25.7 Å². The number of rotatable bonds is 7. The van der Waals surface area contributed by atoms with E-state index >= 15 is 0 Å². The molecule has 1 aliphatic heterocycles. The minimum absolute atomic E-state index is 0.137. The maximum Gasteiger partial charge on any atom is 0.260 e. The van der Waals surface area contributed by atoms with Crippen LogP contribution >= 0.6 is 0 Å². The largest absolute Gasteiger partial charge is 0.479 e. The summed E-state index contributed by atoms with van der Waals surface area (Å²) in [5.41, 5.74) is 2.88. The van der Waals surface area contributed by atoms with Crippen molar-refractivity contribution >= 4 is 28.4 Å². The van der Waals surface area contributed by atoms with Crippen molar-refractivity contribution < 1.29 is 27.8 Å². The number of nitrogens with zero attached hydrogens (tertiary/aromatic N) is 7. The molecule has 0 spiro atoms. The van der Waals surface area contributed by atoms with Crippen LogP contribution in [0.25, 0.3) is 27.7 Å². The van der Waals surface area contributed by atoms with Gasteiger partial charge >= 0.3 is 0 Å². The summed E-state index contributed by atoms with van der Waals surface area (Å²) in [5.74, 6) is -0.140. The molecule has 37 heavy (non-hydrogen) atoms. The van der Waals surface area contributed by atoms with E-state index in [4.69, 9.17) is 9.84 Å². The first-order chi connectivity index (χ1) is 17.8. The SMILES string of the molecule is COc1nc(N[C@H]2CCN(C(=O)CO)C[C@H]2F)nn2ccc(-c3ccc4nnn([C@H](C)C(F)F)c4c3)c12. The summed E-state index contributed by atoms with van der Waals surface area (Å²) in [7, 11) is 1.45. The molecule has 0 aliphatic carbocycles. The highest BCUT2D eigenvalue weighted by Crippen LogP contribution is 2.34. The molecule has 1 amide bonds. The Balaban J connectivity index is 1.46. The van der Waals surface area contributed by atoms with Crippen molar-refractivity contribution in [3.63, 3.8) is 0 Å². The smallest absolute Gasteiger partial charge is 0.260 e. The van der Waals surface area contributed by atoms with Crippen LogP contribution in [0.5, 0.6) is 5.88 Å². The maximum absolute atomic E-state index is 14.8. The molecule has 1 saturated heterocycles. The molecule has 1 fully saturated rings. The molecule has 1 aromatic carbocycles. The average Bonchev–Trinajstić information content (AvgIpc) is 3.52. The standard InChI is InChI=1S/C23H25F3N8O3/c1-12(21(25)26)34-18-9-13(3-4-17(18)29-31-34)14-5-8-33-20(14)22(37-2)28-23(30-33)27-16-6-7-32(10-15(16)24)19(36)11-35/h3-5,8-9,12,15-16,21,35H,6-7,10-11H2,1-2H3,(H,27,30)/t12-,15-,16+/m1/s1. The number of halogens is 3. The fourth-order valence-corrected chi connectivity index (χ4v) is 4.50. The molecule has 0 saturated carbocycles. The topological polar surface area (TPSA) is 123 Å². The van der Waals surface area contributed by atoms with Crippen LogP contribution in [0.1, 0.15) is 19.4 Å². The van der Waals surface area contributed by atoms with E-state index in [1.165, 1.54) is 23.6 Å². The molecular formula is C23H25F3N8O3. The quantitative estimate of drug-likeness (QED) is 0.382. The molecule has 0 radical (unpaired) electrons. The van der Waals surface area contributed by atoms with Gasteiger partial charge in [0.25, 0.3) is 6.43 Å². The van der Waals surface area contributed by atoms with Gasteiger partial charge in [-0.3, -0.25) is 4.79 Å². The summed E-state index contributed by atoms with van der Waals surface area (Å²) in [6.45, 7) is 0.876. The first kappa shape index (κ1) is 24.7. The zero-order valence-corrected chi connectivity index (χ0v) is 20.1. The molecule has 3 atom stereocenters. The Morgan fingerprint density at radius 3 is 2.84 bits per heavy atom. The summed E-state index contributed by atoms with van der Waals surface area (Å²) < 4.78 is 49.7. The number of carbonyl (C=O) groups is 1. The number of alkyl halides is 3. The van der Waals surface area contributed by atoms with Crippen LogP contribution in [0.4, 0.5) is 19.1 Å². The van der Waals surface area contributed by atoms with Gasteiger partial charge in [-0.1, -0.05) is 11.3 Å². The van der Waals surface area contributed by atoms with Gasteiger partial charge in [-0.15, -0.1) is 10.2 Å². The lowest BCUT2D eigenvalue weighted by molar-refractivity contribution is -0.136. The molecule has 1 aliphatic rings. The highest BCUT2D eigenvalue weighted by molar-refractivity contribution is 5.89. The number of piperidine rings is 1. The molecule has 2 N–H and O–H groups in total. The summed E-state index contributed by atoms with van der Waals surface area (Å²) in [6, 6.07) is 5.24. The molecule has 0 bridgehead atoms. The van der Waals surface area contributed by atoms with Crippen LogP contribution in [-0.4, -0.2) is 91.0 Å². The second-order valence-corrected chi connectivity index (χ2v) is 8.83. The number of aliphatic hydroxyl groups is 1. The Hall–Kier alpha value is -3.94. The predicted octanol–water partition coefficient (Wildman–Crippen LogP) is 2.32. The van der Waals surface area contributed by atoms with Gasteiger partial charge in [0.1, 0.15) is 29.9 Å². The van der Waals surface area contributed by atoms with Gasteiger partial charge in [0.2, 0.25) is 17.7 Å².